The minimum Gasteiger partial charge on any atom is -0.548 e. The van der Waals surface area contributed by atoms with E-state index in [1.54, 1.807) is 11.4 Å². The van der Waals surface area contributed by atoms with Gasteiger partial charge in [-0.25, -0.2) is 0 Å². The fourth-order valence-corrected chi connectivity index (χ4v) is 3.99. The van der Waals surface area contributed by atoms with Gasteiger partial charge < -0.3 is 15.2 Å². The molecule has 9 heteroatoms. The van der Waals surface area contributed by atoms with Gasteiger partial charge in [-0.3, -0.25) is 14.4 Å². The molecule has 0 aliphatic heterocycles. The first-order valence-electron chi connectivity index (χ1n) is 6.22. The molecule has 0 saturated heterocycles. The average molecular weight is 357 g/mol. The second-order valence-corrected chi connectivity index (χ2v) is 6.66. The van der Waals surface area contributed by atoms with E-state index in [9.17, 15) is 24.3 Å². The molecular formula is C14H8NNaO5S2. The molecule has 1 N–H and O–H groups in total. The fourth-order valence-electron chi connectivity index (χ4n) is 2.08. The molecule has 2 aromatic heterocycles. The zero-order chi connectivity index (χ0) is 16.0. The number of amides is 1. The van der Waals surface area contributed by atoms with Crippen molar-refractivity contribution in [2.45, 2.75) is 13.0 Å². The molecule has 0 unspecified atom stereocenters. The number of carboxylic acids is 1. The first-order chi connectivity index (χ1) is 10.4. The summed E-state index contributed by atoms with van der Waals surface area (Å²) in [4.78, 5) is 48.0. The Labute approximate surface area is 160 Å². The second kappa shape index (κ2) is 6.66. The molecule has 1 amide bonds. The molecule has 6 nitrogen and oxygen atoms in total. The smallest absolute Gasteiger partial charge is 0.548 e. The van der Waals surface area contributed by atoms with Gasteiger partial charge in [-0.15, -0.1) is 22.7 Å². The molecule has 23 heavy (non-hydrogen) atoms. The van der Waals surface area contributed by atoms with Crippen LogP contribution in [-0.4, -0.2) is 29.5 Å². The number of aliphatic carboxylic acids is 1. The molecule has 0 aromatic carbocycles. The molecule has 0 spiro atoms. The number of hydrogen-bond acceptors (Lipinski definition) is 7. The molecule has 3 rings (SSSR count). The topological polar surface area (TPSA) is 103 Å². The number of ketones is 2. The number of nitrogens with one attached hydrogen (secondary N) is 1. The van der Waals surface area contributed by atoms with E-state index in [0.29, 0.717) is 10.4 Å². The molecule has 1 aliphatic rings. The van der Waals surface area contributed by atoms with Gasteiger partial charge in [-0.2, -0.15) is 0 Å². The molecule has 1 aliphatic carbocycles. The Hall–Kier alpha value is -1.32. The number of thiophene rings is 2. The van der Waals surface area contributed by atoms with Gasteiger partial charge in [0.05, 0.1) is 26.6 Å². The van der Waals surface area contributed by atoms with Gasteiger partial charge in [0.1, 0.15) is 0 Å². The summed E-state index contributed by atoms with van der Waals surface area (Å²) < 4.78 is 0. The third-order valence-electron chi connectivity index (χ3n) is 3.22. The molecule has 0 radical (unpaired) electrons. The van der Waals surface area contributed by atoms with Gasteiger partial charge in [0.2, 0.25) is 5.78 Å². The van der Waals surface area contributed by atoms with Crippen LogP contribution in [0.1, 0.15) is 47.1 Å². The van der Waals surface area contributed by atoms with E-state index < -0.39 is 17.9 Å². The van der Waals surface area contributed by atoms with Crippen molar-refractivity contribution < 1.29 is 53.8 Å². The Morgan fingerprint density at radius 2 is 1.87 bits per heavy atom. The van der Waals surface area contributed by atoms with Crippen LogP contribution in [0.2, 0.25) is 0 Å². The number of hydrogen-bond donors (Lipinski definition) is 1. The van der Waals surface area contributed by atoms with Gasteiger partial charge in [0, 0.05) is 11.1 Å². The summed E-state index contributed by atoms with van der Waals surface area (Å²) in [5.74, 6) is -2.64. The molecule has 0 fully saturated rings. The number of carbonyl (C=O) groups excluding carboxylic acids is 4. The number of rotatable bonds is 3. The standard InChI is InChI=1S/C14H9NO5S2.Na/c1-5(14(19)20)15-13(18)8-4-7-9(16)6-2-3-21-11(6)10(17)12(7)22-8;/h2-5H,1H3,(H,15,18)(H,19,20);/q;+1/p-1/t5-;/m0./s1. The summed E-state index contributed by atoms with van der Waals surface area (Å²) in [6.07, 6.45) is 0. The van der Waals surface area contributed by atoms with E-state index in [4.69, 9.17) is 0 Å². The second-order valence-electron chi connectivity index (χ2n) is 4.69. The maximum Gasteiger partial charge on any atom is 1.00 e. The van der Waals surface area contributed by atoms with Crippen LogP contribution in [0.5, 0.6) is 0 Å². The Balaban J connectivity index is 0.00000192. The van der Waals surface area contributed by atoms with Crippen molar-refractivity contribution >= 4 is 46.1 Å². The minimum absolute atomic E-state index is 0. The summed E-state index contributed by atoms with van der Waals surface area (Å²) in [6, 6.07) is 1.75. The third kappa shape index (κ3) is 3.05. The molecule has 0 bridgehead atoms. The van der Waals surface area contributed by atoms with Gasteiger partial charge in [-0.1, -0.05) is 0 Å². The molecule has 0 saturated carbocycles. The van der Waals surface area contributed by atoms with Crippen LogP contribution in [0.25, 0.3) is 0 Å². The Kier molecular flexibility index (Phi) is 5.22. The predicted molar refractivity (Wildman–Crippen MR) is 77.4 cm³/mol. The third-order valence-corrected chi connectivity index (χ3v) is 5.27. The van der Waals surface area contributed by atoms with Crippen LogP contribution < -0.4 is 40.0 Å². The average Bonchev–Trinajstić information content (AvgIpc) is 3.11. The predicted octanol–water partition coefficient (Wildman–Crippen LogP) is -2.54. The molecule has 112 valence electrons. The van der Waals surface area contributed by atoms with Gasteiger partial charge >= 0.3 is 29.6 Å². The monoisotopic (exact) mass is 357 g/mol. The Bertz CT molecular complexity index is 790. The summed E-state index contributed by atoms with van der Waals surface area (Å²) in [5, 5.41) is 14.6. The van der Waals surface area contributed by atoms with Crippen molar-refractivity contribution in [3.63, 3.8) is 0 Å². The summed E-state index contributed by atoms with van der Waals surface area (Å²) in [5.41, 5.74) is 0.530. The minimum atomic E-state index is -1.41. The number of fused-ring (bicyclic) bond motifs is 2. The van der Waals surface area contributed by atoms with Crippen molar-refractivity contribution in [3.05, 3.63) is 43.3 Å². The van der Waals surface area contributed by atoms with Crippen molar-refractivity contribution in [1.29, 1.82) is 0 Å². The SMILES string of the molecule is C[C@H](NC(=O)c1cc2c(s1)C(=O)c1sccc1C2=O)C(=O)[O-].[Na+]. The number of carboxylic acid groups (broad SMARTS) is 1. The van der Waals surface area contributed by atoms with Crippen LogP contribution in [0.4, 0.5) is 0 Å². The Morgan fingerprint density at radius 1 is 1.17 bits per heavy atom. The van der Waals surface area contributed by atoms with Crippen molar-refractivity contribution in [2.75, 3.05) is 0 Å². The van der Waals surface area contributed by atoms with Crippen molar-refractivity contribution in [3.8, 4) is 0 Å². The zero-order valence-electron chi connectivity index (χ0n) is 12.2. The molecule has 2 heterocycles. The van der Waals surface area contributed by atoms with Gasteiger partial charge in [-0.05, 0) is 24.4 Å². The summed E-state index contributed by atoms with van der Waals surface area (Å²) >= 11 is 2.07. The van der Waals surface area contributed by atoms with E-state index in [-0.39, 0.29) is 56.4 Å². The fraction of sp³-hybridized carbons (Fsp3) is 0.143. The maximum absolute atomic E-state index is 12.3. The first-order valence-corrected chi connectivity index (χ1v) is 7.92. The van der Waals surface area contributed by atoms with Crippen molar-refractivity contribution in [1.82, 2.24) is 5.32 Å². The van der Waals surface area contributed by atoms with Gasteiger partial charge in [0.15, 0.2) is 5.78 Å². The van der Waals surface area contributed by atoms with E-state index in [2.05, 4.69) is 5.32 Å². The molecule has 1 atom stereocenters. The largest absolute Gasteiger partial charge is 1.00 e. The van der Waals surface area contributed by atoms with E-state index >= 15 is 0 Å². The summed E-state index contributed by atoms with van der Waals surface area (Å²) in [7, 11) is 0. The molecule has 2 aromatic rings. The van der Waals surface area contributed by atoms with E-state index in [0.717, 1.165) is 11.3 Å². The normalized spacial score (nSPS) is 13.6. The molecular weight excluding hydrogens is 349 g/mol. The quantitative estimate of drug-likeness (QED) is 0.520. The van der Waals surface area contributed by atoms with Crippen LogP contribution in [0.15, 0.2) is 17.5 Å². The maximum atomic E-state index is 12.3. The Morgan fingerprint density at radius 3 is 2.52 bits per heavy atom. The van der Waals surface area contributed by atoms with Crippen LogP contribution in [0.3, 0.4) is 0 Å². The van der Waals surface area contributed by atoms with E-state index in [1.165, 1.54) is 24.3 Å². The van der Waals surface area contributed by atoms with Crippen molar-refractivity contribution in [2.24, 2.45) is 0 Å². The van der Waals surface area contributed by atoms with E-state index in [1.807, 2.05) is 0 Å². The first kappa shape index (κ1) is 18.0. The number of carbonyl (C=O) groups is 4. The van der Waals surface area contributed by atoms with Crippen LogP contribution in [0, 0.1) is 0 Å². The summed E-state index contributed by atoms with van der Waals surface area (Å²) in [6.45, 7) is 1.27. The van der Waals surface area contributed by atoms with Gasteiger partial charge in [0.25, 0.3) is 5.91 Å². The van der Waals surface area contributed by atoms with Crippen LogP contribution >= 0.6 is 22.7 Å². The van der Waals surface area contributed by atoms with Crippen LogP contribution in [-0.2, 0) is 4.79 Å². The zero-order valence-corrected chi connectivity index (χ0v) is 15.8.